The Morgan fingerprint density at radius 1 is 1.19 bits per heavy atom. The average Bonchev–Trinajstić information content (AvgIpc) is 3.15. The van der Waals surface area contributed by atoms with Crippen molar-refractivity contribution >= 4 is 11.7 Å². The van der Waals surface area contributed by atoms with Gasteiger partial charge in [-0.3, -0.25) is 15.2 Å². The Kier molecular flexibility index (Phi) is 7.70. The van der Waals surface area contributed by atoms with Crippen molar-refractivity contribution in [3.63, 3.8) is 0 Å². The summed E-state index contributed by atoms with van der Waals surface area (Å²) in [6.45, 7) is 18.8. The first-order valence-corrected chi connectivity index (χ1v) is 12.8. The number of amidine groups is 2. The molecular formula is C27H41N7O2. The van der Waals surface area contributed by atoms with Gasteiger partial charge in [-0.15, -0.1) is 0 Å². The van der Waals surface area contributed by atoms with Crippen molar-refractivity contribution < 1.29 is 9.47 Å². The van der Waals surface area contributed by atoms with E-state index in [0.717, 1.165) is 66.9 Å². The second-order valence-corrected chi connectivity index (χ2v) is 10.9. The van der Waals surface area contributed by atoms with Crippen LogP contribution in [0.4, 0.5) is 0 Å². The van der Waals surface area contributed by atoms with Crippen LogP contribution >= 0.6 is 0 Å². The predicted molar refractivity (Wildman–Crippen MR) is 145 cm³/mol. The number of fused-ring (bicyclic) bond motifs is 3. The van der Waals surface area contributed by atoms with E-state index in [1.807, 2.05) is 12.3 Å². The predicted octanol–water partition coefficient (Wildman–Crippen LogP) is 3.61. The molecule has 9 nitrogen and oxygen atoms in total. The number of hydrogen-bond donors (Lipinski definition) is 2. The van der Waals surface area contributed by atoms with E-state index in [1.165, 1.54) is 0 Å². The van der Waals surface area contributed by atoms with Crippen LogP contribution in [0.1, 0.15) is 52.8 Å². The van der Waals surface area contributed by atoms with Gasteiger partial charge in [0, 0.05) is 62.1 Å². The fraction of sp³-hybridized carbons (Fsp3) is 0.593. The SMILES string of the molecule is COc1cc2c(cc1CN1CCN(C(C)(C)C)CC1)-c1nc(/C(=N/C(C)=N)NC(C)C)cn1CCO2. The molecule has 9 heteroatoms. The number of hydrogen-bond acceptors (Lipinski definition) is 6. The highest BCUT2D eigenvalue weighted by Crippen LogP contribution is 2.38. The van der Waals surface area contributed by atoms with Gasteiger partial charge in [-0.05, 0) is 47.6 Å². The van der Waals surface area contributed by atoms with Crippen LogP contribution < -0.4 is 14.8 Å². The van der Waals surface area contributed by atoms with Crippen LogP contribution in [0, 0.1) is 5.41 Å². The van der Waals surface area contributed by atoms with Gasteiger partial charge in [-0.1, -0.05) is 0 Å². The number of nitrogens with one attached hydrogen (secondary N) is 2. The van der Waals surface area contributed by atoms with E-state index in [0.29, 0.717) is 19.0 Å². The number of imidazole rings is 1. The number of aromatic nitrogens is 2. The van der Waals surface area contributed by atoms with E-state index in [1.54, 1.807) is 14.0 Å². The van der Waals surface area contributed by atoms with Crippen LogP contribution in [0.2, 0.25) is 0 Å². The van der Waals surface area contributed by atoms with Gasteiger partial charge in [0.15, 0.2) is 5.84 Å². The first-order chi connectivity index (χ1) is 17.0. The Morgan fingerprint density at radius 3 is 2.53 bits per heavy atom. The summed E-state index contributed by atoms with van der Waals surface area (Å²) in [5.74, 6) is 3.33. The Bertz CT molecular complexity index is 1120. The quantitative estimate of drug-likeness (QED) is 0.487. The molecule has 0 saturated carbocycles. The number of aliphatic imine (C=N–C) groups is 1. The van der Waals surface area contributed by atoms with Gasteiger partial charge >= 0.3 is 0 Å². The van der Waals surface area contributed by atoms with Crippen molar-refractivity contribution in [2.24, 2.45) is 4.99 Å². The fourth-order valence-corrected chi connectivity index (χ4v) is 4.81. The molecule has 0 amide bonds. The lowest BCUT2D eigenvalue weighted by Gasteiger charge is -2.42. The molecule has 0 aliphatic carbocycles. The van der Waals surface area contributed by atoms with Crippen molar-refractivity contribution in [2.75, 3.05) is 39.9 Å². The minimum Gasteiger partial charge on any atom is -0.496 e. The van der Waals surface area contributed by atoms with E-state index in [2.05, 4.69) is 65.4 Å². The summed E-state index contributed by atoms with van der Waals surface area (Å²) < 4.78 is 14.0. The monoisotopic (exact) mass is 495 g/mol. The van der Waals surface area contributed by atoms with Gasteiger partial charge in [-0.25, -0.2) is 9.98 Å². The van der Waals surface area contributed by atoms with Crippen LogP contribution in [-0.4, -0.2) is 82.5 Å². The molecule has 0 bridgehead atoms. The third kappa shape index (κ3) is 5.90. The number of nitrogens with zero attached hydrogens (tertiary/aromatic N) is 5. The number of methoxy groups -OCH3 is 1. The van der Waals surface area contributed by atoms with Crippen LogP contribution in [0.5, 0.6) is 11.5 Å². The standard InChI is InChI=1S/C27H41N7O2/c1-18(2)29-25(30-19(3)28)22-17-33-12-13-36-24-15-23(35-7)20(14-21(24)26(33)31-22)16-32-8-10-34(11-9-32)27(4,5)6/h14-15,17-18H,8-13,16H2,1-7H3,(H2,28,29,30). The van der Waals surface area contributed by atoms with Crippen LogP contribution in [0.15, 0.2) is 23.3 Å². The highest BCUT2D eigenvalue weighted by atomic mass is 16.5. The molecular weight excluding hydrogens is 454 g/mol. The van der Waals surface area contributed by atoms with Gasteiger partial charge in [-0.2, -0.15) is 0 Å². The summed E-state index contributed by atoms with van der Waals surface area (Å²) >= 11 is 0. The molecule has 0 unspecified atom stereocenters. The van der Waals surface area contributed by atoms with Crippen LogP contribution in [0.25, 0.3) is 11.4 Å². The summed E-state index contributed by atoms with van der Waals surface area (Å²) in [7, 11) is 1.72. The van der Waals surface area contributed by atoms with Crippen molar-refractivity contribution in [1.82, 2.24) is 24.7 Å². The molecule has 2 aliphatic rings. The zero-order valence-electron chi connectivity index (χ0n) is 22.8. The van der Waals surface area contributed by atoms with Gasteiger partial charge in [0.25, 0.3) is 0 Å². The molecule has 2 aliphatic heterocycles. The van der Waals surface area contributed by atoms with E-state index in [-0.39, 0.29) is 17.4 Å². The first kappa shape index (κ1) is 26.2. The lowest BCUT2D eigenvalue weighted by atomic mass is 10.0. The third-order valence-electron chi connectivity index (χ3n) is 6.65. The maximum atomic E-state index is 7.87. The summed E-state index contributed by atoms with van der Waals surface area (Å²) in [6.07, 6.45) is 2.00. The molecule has 2 aromatic rings. The second-order valence-electron chi connectivity index (χ2n) is 10.9. The largest absolute Gasteiger partial charge is 0.496 e. The number of piperazine rings is 1. The molecule has 36 heavy (non-hydrogen) atoms. The first-order valence-electron chi connectivity index (χ1n) is 12.8. The van der Waals surface area contributed by atoms with Gasteiger partial charge in [0.05, 0.1) is 19.2 Å². The molecule has 196 valence electrons. The molecule has 1 aromatic heterocycles. The molecule has 0 radical (unpaired) electrons. The number of ether oxygens (including phenoxy) is 2. The average molecular weight is 496 g/mol. The topological polar surface area (TPSA) is 91.0 Å². The van der Waals surface area contributed by atoms with Crippen molar-refractivity contribution in [3.8, 4) is 22.9 Å². The molecule has 4 rings (SSSR count). The maximum absolute atomic E-state index is 7.87. The Morgan fingerprint density at radius 2 is 1.92 bits per heavy atom. The smallest absolute Gasteiger partial charge is 0.155 e. The fourth-order valence-electron chi connectivity index (χ4n) is 4.81. The molecule has 1 fully saturated rings. The van der Waals surface area contributed by atoms with E-state index in [9.17, 15) is 0 Å². The normalized spacial score (nSPS) is 17.3. The van der Waals surface area contributed by atoms with E-state index >= 15 is 0 Å². The molecule has 3 heterocycles. The minimum atomic E-state index is 0.176. The highest BCUT2D eigenvalue weighted by molar-refractivity contribution is 6.04. The van der Waals surface area contributed by atoms with Crippen molar-refractivity contribution in [3.05, 3.63) is 29.6 Å². The van der Waals surface area contributed by atoms with Gasteiger partial charge < -0.3 is 19.4 Å². The zero-order valence-corrected chi connectivity index (χ0v) is 22.8. The van der Waals surface area contributed by atoms with Crippen molar-refractivity contribution in [2.45, 2.75) is 66.2 Å². The Balaban J connectivity index is 1.66. The van der Waals surface area contributed by atoms with E-state index in [4.69, 9.17) is 19.9 Å². The Hall–Kier alpha value is -2.91. The van der Waals surface area contributed by atoms with Crippen molar-refractivity contribution in [1.29, 1.82) is 5.41 Å². The molecule has 1 saturated heterocycles. The molecule has 0 atom stereocenters. The summed E-state index contributed by atoms with van der Waals surface area (Å²) in [6, 6.07) is 4.35. The second kappa shape index (κ2) is 10.6. The van der Waals surface area contributed by atoms with Gasteiger partial charge in [0.2, 0.25) is 0 Å². The lowest BCUT2D eigenvalue weighted by molar-refractivity contribution is 0.0588. The van der Waals surface area contributed by atoms with Crippen LogP contribution in [-0.2, 0) is 13.1 Å². The van der Waals surface area contributed by atoms with E-state index < -0.39 is 0 Å². The molecule has 0 spiro atoms. The maximum Gasteiger partial charge on any atom is 0.155 e. The summed E-state index contributed by atoms with van der Waals surface area (Å²) in [5, 5.41) is 11.2. The minimum absolute atomic E-state index is 0.176. The van der Waals surface area contributed by atoms with Crippen LogP contribution in [0.3, 0.4) is 0 Å². The lowest BCUT2D eigenvalue weighted by Crippen LogP contribution is -2.53. The number of rotatable bonds is 5. The summed E-state index contributed by atoms with van der Waals surface area (Å²) in [4.78, 5) is 14.4. The molecule has 1 aromatic carbocycles. The third-order valence-corrected chi connectivity index (χ3v) is 6.65. The molecule has 2 N–H and O–H groups in total. The Labute approximate surface area is 215 Å². The number of benzene rings is 1. The highest BCUT2D eigenvalue weighted by Gasteiger charge is 2.27. The zero-order chi connectivity index (χ0) is 26.0. The summed E-state index contributed by atoms with van der Waals surface area (Å²) in [5.41, 5.74) is 3.02. The van der Waals surface area contributed by atoms with Gasteiger partial charge in [0.1, 0.15) is 35.5 Å².